The first-order chi connectivity index (χ1) is 9.49. The van der Waals surface area contributed by atoms with Gasteiger partial charge in [-0.25, -0.2) is 0 Å². The average Bonchev–Trinajstić information content (AvgIpc) is 2.81. The monoisotopic (exact) mass is 273 g/mol. The summed E-state index contributed by atoms with van der Waals surface area (Å²) in [5.41, 5.74) is 0.752. The summed E-state index contributed by atoms with van der Waals surface area (Å²) < 4.78 is 5.57. The van der Waals surface area contributed by atoms with Gasteiger partial charge in [-0.15, -0.1) is 0 Å². The molecule has 0 atom stereocenters. The van der Waals surface area contributed by atoms with Gasteiger partial charge >= 0.3 is 0 Å². The molecule has 1 aromatic carbocycles. The molecule has 0 spiro atoms. The standard InChI is InChI=1S/C17H23NO2/c1-11(2)14(12(3)4)10-18-17(19)16-9-13-7-5-6-8-15(13)20-16/h5-9,11-12,14H,10H2,1-4H3,(H,18,19). The minimum Gasteiger partial charge on any atom is -0.451 e. The van der Waals surface area contributed by atoms with E-state index in [1.807, 2.05) is 24.3 Å². The van der Waals surface area contributed by atoms with Gasteiger partial charge < -0.3 is 9.73 Å². The molecule has 3 heteroatoms. The quantitative estimate of drug-likeness (QED) is 0.891. The molecule has 20 heavy (non-hydrogen) atoms. The number of hydrogen-bond donors (Lipinski definition) is 1. The maximum atomic E-state index is 12.2. The van der Waals surface area contributed by atoms with Gasteiger partial charge in [0.05, 0.1) is 0 Å². The smallest absolute Gasteiger partial charge is 0.287 e. The van der Waals surface area contributed by atoms with Gasteiger partial charge in [0, 0.05) is 11.9 Å². The number of furan rings is 1. The summed E-state index contributed by atoms with van der Waals surface area (Å²) in [4.78, 5) is 12.2. The van der Waals surface area contributed by atoms with Gasteiger partial charge in [0.1, 0.15) is 5.58 Å². The summed E-state index contributed by atoms with van der Waals surface area (Å²) >= 11 is 0. The van der Waals surface area contributed by atoms with Crippen LogP contribution in [0.25, 0.3) is 11.0 Å². The normalized spacial score (nSPS) is 11.8. The Balaban J connectivity index is 2.04. The number of rotatable bonds is 5. The van der Waals surface area contributed by atoms with Crippen molar-refractivity contribution in [3.8, 4) is 0 Å². The fourth-order valence-electron chi connectivity index (χ4n) is 2.63. The van der Waals surface area contributed by atoms with Crippen LogP contribution in [0.15, 0.2) is 34.7 Å². The Bertz CT molecular complexity index is 542. The third-order valence-corrected chi connectivity index (χ3v) is 3.86. The van der Waals surface area contributed by atoms with Gasteiger partial charge in [-0.05, 0) is 29.9 Å². The van der Waals surface area contributed by atoms with E-state index in [0.717, 1.165) is 11.0 Å². The van der Waals surface area contributed by atoms with Gasteiger partial charge in [0.25, 0.3) is 5.91 Å². The van der Waals surface area contributed by atoms with E-state index in [2.05, 4.69) is 33.0 Å². The Morgan fingerprint density at radius 2 is 1.80 bits per heavy atom. The second-order valence-corrected chi connectivity index (χ2v) is 6.01. The lowest BCUT2D eigenvalue weighted by atomic mass is 9.85. The van der Waals surface area contributed by atoms with E-state index in [0.29, 0.717) is 30.1 Å². The van der Waals surface area contributed by atoms with Crippen molar-refractivity contribution < 1.29 is 9.21 Å². The molecule has 2 rings (SSSR count). The Labute approximate surface area is 120 Å². The van der Waals surface area contributed by atoms with E-state index < -0.39 is 0 Å². The van der Waals surface area contributed by atoms with Crippen LogP contribution < -0.4 is 5.32 Å². The van der Waals surface area contributed by atoms with E-state index in [1.165, 1.54) is 0 Å². The van der Waals surface area contributed by atoms with Gasteiger partial charge in [0.2, 0.25) is 0 Å². The molecule has 1 amide bonds. The maximum Gasteiger partial charge on any atom is 0.287 e. The molecule has 108 valence electrons. The highest BCUT2D eigenvalue weighted by Crippen LogP contribution is 2.21. The number of benzene rings is 1. The van der Waals surface area contributed by atoms with Crippen molar-refractivity contribution in [1.29, 1.82) is 0 Å². The van der Waals surface area contributed by atoms with Crippen molar-refractivity contribution in [2.75, 3.05) is 6.54 Å². The van der Waals surface area contributed by atoms with Crippen LogP contribution in [0.1, 0.15) is 38.2 Å². The molecule has 0 fully saturated rings. The highest BCUT2D eigenvalue weighted by molar-refractivity contribution is 5.96. The molecule has 0 aliphatic heterocycles. The molecule has 0 bridgehead atoms. The van der Waals surface area contributed by atoms with Crippen LogP contribution in [0.2, 0.25) is 0 Å². The van der Waals surface area contributed by atoms with Gasteiger partial charge in [0.15, 0.2) is 5.76 Å². The molecule has 0 saturated carbocycles. The summed E-state index contributed by atoms with van der Waals surface area (Å²) in [6.07, 6.45) is 0. The highest BCUT2D eigenvalue weighted by Gasteiger charge is 2.19. The van der Waals surface area contributed by atoms with Crippen molar-refractivity contribution in [3.05, 3.63) is 36.1 Å². The fourth-order valence-corrected chi connectivity index (χ4v) is 2.63. The average molecular weight is 273 g/mol. The van der Waals surface area contributed by atoms with E-state index in [9.17, 15) is 4.79 Å². The molecule has 0 saturated heterocycles. The summed E-state index contributed by atoms with van der Waals surface area (Å²) in [5.74, 6) is 1.82. The Morgan fingerprint density at radius 3 is 2.40 bits per heavy atom. The number of para-hydroxylation sites is 1. The first kappa shape index (κ1) is 14.6. The molecule has 3 nitrogen and oxygen atoms in total. The molecule has 2 aromatic rings. The zero-order chi connectivity index (χ0) is 14.7. The molecule has 1 aromatic heterocycles. The Kier molecular flexibility index (Phi) is 4.48. The van der Waals surface area contributed by atoms with Crippen LogP contribution in [-0.2, 0) is 0 Å². The number of carbonyl (C=O) groups excluding carboxylic acids is 1. The summed E-state index contributed by atoms with van der Waals surface area (Å²) in [5, 5.41) is 3.95. The predicted molar refractivity (Wildman–Crippen MR) is 81.7 cm³/mol. The van der Waals surface area contributed by atoms with Crippen LogP contribution in [0.5, 0.6) is 0 Å². The second kappa shape index (κ2) is 6.12. The summed E-state index contributed by atoms with van der Waals surface area (Å²) in [6, 6.07) is 9.45. The van der Waals surface area contributed by atoms with Crippen LogP contribution in [-0.4, -0.2) is 12.5 Å². The molecular formula is C17H23NO2. The molecule has 0 aliphatic rings. The molecular weight excluding hydrogens is 250 g/mol. The van der Waals surface area contributed by atoms with Crippen LogP contribution in [0, 0.1) is 17.8 Å². The maximum absolute atomic E-state index is 12.2. The third kappa shape index (κ3) is 3.21. The topological polar surface area (TPSA) is 42.2 Å². The minimum absolute atomic E-state index is 0.132. The number of fused-ring (bicyclic) bond motifs is 1. The number of carbonyl (C=O) groups is 1. The van der Waals surface area contributed by atoms with E-state index in [-0.39, 0.29) is 5.91 Å². The number of amides is 1. The van der Waals surface area contributed by atoms with Crippen molar-refractivity contribution in [3.63, 3.8) is 0 Å². The zero-order valence-electron chi connectivity index (χ0n) is 12.6. The fraction of sp³-hybridized carbons (Fsp3) is 0.471. The lowest BCUT2D eigenvalue weighted by Crippen LogP contribution is -2.33. The largest absolute Gasteiger partial charge is 0.451 e. The lowest BCUT2D eigenvalue weighted by Gasteiger charge is -2.24. The van der Waals surface area contributed by atoms with Gasteiger partial charge in [-0.1, -0.05) is 45.9 Å². The highest BCUT2D eigenvalue weighted by atomic mass is 16.3. The third-order valence-electron chi connectivity index (χ3n) is 3.86. The van der Waals surface area contributed by atoms with Crippen LogP contribution in [0.3, 0.4) is 0 Å². The molecule has 1 heterocycles. The summed E-state index contributed by atoms with van der Waals surface area (Å²) in [6.45, 7) is 9.46. The van der Waals surface area contributed by atoms with Crippen molar-refractivity contribution >= 4 is 16.9 Å². The minimum atomic E-state index is -0.132. The first-order valence-corrected chi connectivity index (χ1v) is 7.25. The second-order valence-electron chi connectivity index (χ2n) is 6.01. The van der Waals surface area contributed by atoms with Crippen molar-refractivity contribution in [2.45, 2.75) is 27.7 Å². The first-order valence-electron chi connectivity index (χ1n) is 7.25. The van der Waals surface area contributed by atoms with Crippen molar-refractivity contribution in [2.24, 2.45) is 17.8 Å². The number of nitrogens with one attached hydrogen (secondary N) is 1. The van der Waals surface area contributed by atoms with Crippen LogP contribution >= 0.6 is 0 Å². The van der Waals surface area contributed by atoms with E-state index >= 15 is 0 Å². The Hall–Kier alpha value is -1.77. The molecule has 0 radical (unpaired) electrons. The van der Waals surface area contributed by atoms with Gasteiger partial charge in [-0.3, -0.25) is 4.79 Å². The molecule has 1 N–H and O–H groups in total. The number of hydrogen-bond acceptors (Lipinski definition) is 2. The molecule has 0 aliphatic carbocycles. The summed E-state index contributed by atoms with van der Waals surface area (Å²) in [7, 11) is 0. The van der Waals surface area contributed by atoms with Gasteiger partial charge in [-0.2, -0.15) is 0 Å². The van der Waals surface area contributed by atoms with E-state index in [4.69, 9.17) is 4.42 Å². The van der Waals surface area contributed by atoms with E-state index in [1.54, 1.807) is 6.07 Å². The SMILES string of the molecule is CC(C)C(CNC(=O)c1cc2ccccc2o1)C(C)C. The van der Waals surface area contributed by atoms with Crippen LogP contribution in [0.4, 0.5) is 0 Å². The van der Waals surface area contributed by atoms with Crippen molar-refractivity contribution in [1.82, 2.24) is 5.32 Å². The Morgan fingerprint density at radius 1 is 1.15 bits per heavy atom. The zero-order valence-corrected chi connectivity index (χ0v) is 12.6. The lowest BCUT2D eigenvalue weighted by molar-refractivity contribution is 0.0911. The molecule has 0 unspecified atom stereocenters. The predicted octanol–water partition coefficient (Wildman–Crippen LogP) is 4.09.